The Balaban J connectivity index is 1.71. The minimum atomic E-state index is -4.19. The number of hydrogen-bond donors (Lipinski definition) is 1. The number of benzene rings is 3. The number of nitrogens with zero attached hydrogens (tertiary/aromatic N) is 2. The van der Waals surface area contributed by atoms with E-state index in [1.807, 2.05) is 38.1 Å². The van der Waals surface area contributed by atoms with E-state index in [0.717, 1.165) is 46.7 Å². The summed E-state index contributed by atoms with van der Waals surface area (Å²) in [6, 6.07) is 17.9. The highest BCUT2D eigenvalue weighted by atomic mass is 35.5. The molecule has 0 aromatic heterocycles. The van der Waals surface area contributed by atoms with E-state index >= 15 is 0 Å². The van der Waals surface area contributed by atoms with E-state index < -0.39 is 28.5 Å². The average molecular weight is 612 g/mol. The third-order valence-corrected chi connectivity index (χ3v) is 9.70. The predicted molar refractivity (Wildman–Crippen MR) is 165 cm³/mol. The summed E-state index contributed by atoms with van der Waals surface area (Å²) in [7, 11) is -2.73. The maximum atomic E-state index is 14.1. The molecule has 0 heterocycles. The molecule has 0 unspecified atom stereocenters. The minimum Gasteiger partial charge on any atom is -0.495 e. The number of nitrogens with one attached hydrogen (secondary N) is 1. The van der Waals surface area contributed by atoms with Crippen molar-refractivity contribution >= 4 is 39.1 Å². The Bertz CT molecular complexity index is 1520. The van der Waals surface area contributed by atoms with Crippen LogP contribution in [-0.4, -0.2) is 50.9 Å². The quantitative estimate of drug-likeness (QED) is 0.303. The normalized spacial score (nSPS) is 14.3. The van der Waals surface area contributed by atoms with Crippen LogP contribution in [0.1, 0.15) is 49.3 Å². The van der Waals surface area contributed by atoms with Crippen molar-refractivity contribution in [1.29, 1.82) is 0 Å². The van der Waals surface area contributed by atoms with Crippen molar-refractivity contribution in [2.75, 3.05) is 18.0 Å². The van der Waals surface area contributed by atoms with Gasteiger partial charge in [0.2, 0.25) is 11.8 Å². The van der Waals surface area contributed by atoms with Crippen molar-refractivity contribution in [1.82, 2.24) is 10.2 Å². The van der Waals surface area contributed by atoms with E-state index in [4.69, 9.17) is 16.3 Å². The number of sulfonamides is 1. The van der Waals surface area contributed by atoms with Gasteiger partial charge in [-0.3, -0.25) is 13.9 Å². The average Bonchev–Trinajstić information content (AvgIpc) is 3.47. The van der Waals surface area contributed by atoms with Gasteiger partial charge in [0, 0.05) is 12.6 Å². The number of halogens is 1. The molecular formula is C32H38ClN3O5S. The zero-order valence-electron chi connectivity index (χ0n) is 24.5. The smallest absolute Gasteiger partial charge is 0.264 e. The van der Waals surface area contributed by atoms with E-state index in [-0.39, 0.29) is 34.1 Å². The third-order valence-electron chi connectivity index (χ3n) is 7.62. The summed E-state index contributed by atoms with van der Waals surface area (Å²) in [6.45, 7) is 5.10. The Morgan fingerprint density at radius 2 is 1.69 bits per heavy atom. The van der Waals surface area contributed by atoms with Gasteiger partial charge in [-0.25, -0.2) is 8.42 Å². The molecule has 0 bridgehead atoms. The van der Waals surface area contributed by atoms with E-state index in [1.165, 1.54) is 30.2 Å². The van der Waals surface area contributed by atoms with E-state index in [1.54, 1.807) is 31.2 Å². The van der Waals surface area contributed by atoms with Gasteiger partial charge >= 0.3 is 0 Å². The van der Waals surface area contributed by atoms with Crippen molar-refractivity contribution in [2.24, 2.45) is 0 Å². The first-order chi connectivity index (χ1) is 20.0. The van der Waals surface area contributed by atoms with E-state index in [2.05, 4.69) is 5.32 Å². The Morgan fingerprint density at radius 3 is 2.31 bits per heavy atom. The van der Waals surface area contributed by atoms with Crippen molar-refractivity contribution < 1.29 is 22.7 Å². The van der Waals surface area contributed by atoms with Crippen LogP contribution in [0.15, 0.2) is 71.6 Å². The second-order valence-corrected chi connectivity index (χ2v) is 13.1. The molecule has 4 rings (SSSR count). The van der Waals surface area contributed by atoms with Crippen LogP contribution in [0, 0.1) is 13.8 Å². The molecule has 0 spiro atoms. The number of rotatable bonds is 11. The molecule has 1 aliphatic carbocycles. The van der Waals surface area contributed by atoms with Gasteiger partial charge in [0.15, 0.2) is 0 Å². The fourth-order valence-electron chi connectivity index (χ4n) is 5.16. The van der Waals surface area contributed by atoms with Crippen LogP contribution < -0.4 is 14.4 Å². The summed E-state index contributed by atoms with van der Waals surface area (Å²) < 4.78 is 34.3. The van der Waals surface area contributed by atoms with Gasteiger partial charge in [-0.2, -0.15) is 0 Å². The highest BCUT2D eigenvalue weighted by molar-refractivity contribution is 7.92. The molecule has 1 saturated carbocycles. The molecule has 2 amide bonds. The van der Waals surface area contributed by atoms with Crippen LogP contribution in [0.2, 0.25) is 5.02 Å². The first-order valence-electron chi connectivity index (χ1n) is 14.1. The first kappa shape index (κ1) is 31.4. The van der Waals surface area contributed by atoms with Gasteiger partial charge in [-0.15, -0.1) is 0 Å². The lowest BCUT2D eigenvalue weighted by Gasteiger charge is -2.32. The molecule has 0 radical (unpaired) electrons. The van der Waals surface area contributed by atoms with Crippen molar-refractivity contribution in [2.45, 2.75) is 70.0 Å². The topological polar surface area (TPSA) is 96.0 Å². The molecule has 1 aliphatic rings. The van der Waals surface area contributed by atoms with Gasteiger partial charge in [0.05, 0.1) is 22.7 Å². The Labute approximate surface area is 253 Å². The zero-order chi connectivity index (χ0) is 30.4. The molecule has 0 saturated heterocycles. The summed E-state index contributed by atoms with van der Waals surface area (Å²) in [5, 5.41) is 3.28. The van der Waals surface area contributed by atoms with Crippen molar-refractivity contribution in [3.63, 3.8) is 0 Å². The van der Waals surface area contributed by atoms with Crippen molar-refractivity contribution in [3.05, 3.63) is 88.4 Å². The molecule has 1 fully saturated rings. The van der Waals surface area contributed by atoms with Crippen LogP contribution in [0.25, 0.3) is 0 Å². The summed E-state index contributed by atoms with van der Waals surface area (Å²) in [5.41, 5.74) is 2.95. The molecule has 10 heteroatoms. The summed E-state index contributed by atoms with van der Waals surface area (Å²) >= 11 is 6.39. The molecular weight excluding hydrogens is 574 g/mol. The third kappa shape index (κ3) is 7.44. The predicted octanol–water partition coefficient (Wildman–Crippen LogP) is 5.64. The second-order valence-electron chi connectivity index (χ2n) is 10.8. The first-order valence-corrected chi connectivity index (χ1v) is 15.9. The van der Waals surface area contributed by atoms with Crippen LogP contribution in [0.3, 0.4) is 0 Å². The maximum Gasteiger partial charge on any atom is 0.264 e. The van der Waals surface area contributed by atoms with Crippen LogP contribution >= 0.6 is 11.6 Å². The zero-order valence-corrected chi connectivity index (χ0v) is 26.0. The fraction of sp³-hybridized carbons (Fsp3) is 0.375. The summed E-state index contributed by atoms with van der Waals surface area (Å²) in [5.74, 6) is -0.408. The van der Waals surface area contributed by atoms with Crippen LogP contribution in [0.5, 0.6) is 5.75 Å². The maximum absolute atomic E-state index is 14.1. The minimum absolute atomic E-state index is 0.0325. The molecule has 1 N–H and O–H groups in total. The highest BCUT2D eigenvalue weighted by Crippen LogP contribution is 2.32. The standard InChI is InChI=1S/C32H38ClN3O5S/c1-22-12-15-28(16-13-22)42(39,40)36(27-14-17-30(41-4)29(33)19-27)21-31(37)35(20-25-9-7-8-23(2)18-25)24(3)32(38)34-26-10-5-6-11-26/h7-9,12-19,24,26H,5-6,10-11,20-21H2,1-4H3,(H,34,38)/t24-/m0/s1. The number of anilines is 1. The van der Waals surface area contributed by atoms with Gasteiger partial charge in [0.1, 0.15) is 18.3 Å². The Kier molecular flexibility index (Phi) is 10.2. The fourth-order valence-corrected chi connectivity index (χ4v) is 6.82. The second kappa shape index (κ2) is 13.6. The lowest BCUT2D eigenvalue weighted by Crippen LogP contribution is -2.52. The Morgan fingerprint density at radius 1 is 1.00 bits per heavy atom. The van der Waals surface area contributed by atoms with E-state index in [9.17, 15) is 18.0 Å². The molecule has 3 aromatic carbocycles. The van der Waals surface area contributed by atoms with Crippen LogP contribution in [0.4, 0.5) is 5.69 Å². The SMILES string of the molecule is COc1ccc(N(CC(=O)N(Cc2cccc(C)c2)[C@@H](C)C(=O)NC2CCCC2)S(=O)(=O)c2ccc(C)cc2)cc1Cl. The number of amides is 2. The monoisotopic (exact) mass is 611 g/mol. The van der Waals surface area contributed by atoms with E-state index in [0.29, 0.717) is 5.75 Å². The highest BCUT2D eigenvalue weighted by Gasteiger charge is 2.33. The Hall–Kier alpha value is -3.56. The molecule has 42 heavy (non-hydrogen) atoms. The van der Waals surface area contributed by atoms with Crippen LogP contribution in [-0.2, 0) is 26.2 Å². The van der Waals surface area contributed by atoms with Gasteiger partial charge < -0.3 is 15.0 Å². The molecule has 0 aliphatic heterocycles. The number of hydrogen-bond acceptors (Lipinski definition) is 5. The molecule has 3 aromatic rings. The number of ether oxygens (including phenoxy) is 1. The number of carbonyl (C=O) groups excluding carboxylic acids is 2. The molecule has 8 nitrogen and oxygen atoms in total. The van der Waals surface area contributed by atoms with Gasteiger partial charge in [-0.1, -0.05) is 72.0 Å². The molecule has 1 atom stereocenters. The number of aryl methyl sites for hydroxylation is 2. The lowest BCUT2D eigenvalue weighted by molar-refractivity contribution is -0.139. The number of carbonyl (C=O) groups is 2. The van der Waals surface area contributed by atoms with Crippen molar-refractivity contribution in [3.8, 4) is 5.75 Å². The summed E-state index contributed by atoms with van der Waals surface area (Å²) in [4.78, 5) is 29.0. The summed E-state index contributed by atoms with van der Waals surface area (Å²) in [6.07, 6.45) is 3.93. The molecule has 224 valence electrons. The van der Waals surface area contributed by atoms with Gasteiger partial charge in [-0.05, 0) is 69.5 Å². The largest absolute Gasteiger partial charge is 0.495 e. The lowest BCUT2D eigenvalue weighted by atomic mass is 10.1. The number of methoxy groups -OCH3 is 1. The van der Waals surface area contributed by atoms with Gasteiger partial charge in [0.25, 0.3) is 10.0 Å².